The molecule has 1 fully saturated rings. The number of hydrogen-bond acceptors (Lipinski definition) is 4. The minimum absolute atomic E-state index is 0.00255. The first kappa shape index (κ1) is 15.6. The lowest BCUT2D eigenvalue weighted by molar-refractivity contribution is -0.402. The molecule has 1 aromatic heterocycles. The van der Waals surface area contributed by atoms with E-state index >= 15 is 0 Å². The summed E-state index contributed by atoms with van der Waals surface area (Å²) in [7, 11) is 0. The van der Waals surface area contributed by atoms with Crippen molar-refractivity contribution in [3.8, 4) is 0 Å². The first-order valence-corrected chi connectivity index (χ1v) is 7.72. The van der Waals surface area contributed by atoms with Crippen molar-refractivity contribution in [2.75, 3.05) is 6.54 Å². The van der Waals surface area contributed by atoms with Crippen LogP contribution in [0.3, 0.4) is 0 Å². The molecule has 1 aliphatic heterocycles. The van der Waals surface area contributed by atoms with Crippen LogP contribution in [0, 0.1) is 10.1 Å². The van der Waals surface area contributed by atoms with E-state index in [1.165, 1.54) is 12.1 Å². The lowest BCUT2D eigenvalue weighted by Gasteiger charge is -2.24. The molecule has 7 heteroatoms. The van der Waals surface area contributed by atoms with Crippen molar-refractivity contribution in [3.63, 3.8) is 0 Å². The molecule has 3 rings (SSSR count). The lowest BCUT2D eigenvalue weighted by Crippen LogP contribution is -2.36. The summed E-state index contributed by atoms with van der Waals surface area (Å²) >= 11 is 6.19. The maximum absolute atomic E-state index is 12.5. The monoisotopic (exact) mass is 334 g/mol. The Kier molecular flexibility index (Phi) is 4.34. The van der Waals surface area contributed by atoms with E-state index in [4.69, 9.17) is 16.0 Å². The van der Waals surface area contributed by atoms with Gasteiger partial charge in [0, 0.05) is 17.6 Å². The smallest absolute Gasteiger partial charge is 0.395 e. The van der Waals surface area contributed by atoms with Gasteiger partial charge in [0.25, 0.3) is 5.91 Å². The number of carbonyl (C=O) groups excluding carboxylic acids is 1. The molecule has 1 atom stereocenters. The maximum atomic E-state index is 12.5. The number of carbonyl (C=O) groups is 1. The highest BCUT2D eigenvalue weighted by Gasteiger charge is 2.32. The predicted molar refractivity (Wildman–Crippen MR) is 84.6 cm³/mol. The van der Waals surface area contributed by atoms with Gasteiger partial charge >= 0.3 is 5.88 Å². The van der Waals surface area contributed by atoms with Gasteiger partial charge in [-0.1, -0.05) is 29.8 Å². The van der Waals surface area contributed by atoms with Gasteiger partial charge in [-0.15, -0.1) is 0 Å². The molecule has 0 bridgehead atoms. The Hall–Kier alpha value is -2.34. The van der Waals surface area contributed by atoms with E-state index in [1.807, 2.05) is 24.3 Å². The lowest BCUT2D eigenvalue weighted by atomic mass is 10.0. The summed E-state index contributed by atoms with van der Waals surface area (Å²) in [6.45, 7) is 0.614. The molecule has 2 aromatic rings. The van der Waals surface area contributed by atoms with Crippen molar-refractivity contribution >= 4 is 23.4 Å². The Balaban J connectivity index is 1.76. The third kappa shape index (κ3) is 3.22. The summed E-state index contributed by atoms with van der Waals surface area (Å²) in [5, 5.41) is 11.4. The van der Waals surface area contributed by atoms with Crippen LogP contribution in [0.2, 0.25) is 5.02 Å². The van der Waals surface area contributed by atoms with E-state index in [-0.39, 0.29) is 17.7 Å². The summed E-state index contributed by atoms with van der Waals surface area (Å²) in [5.41, 5.74) is 0.990. The molecular weight excluding hydrogens is 320 g/mol. The number of likely N-dealkylation sites (tertiary alicyclic amines) is 1. The average Bonchev–Trinajstić information content (AvgIpc) is 3.18. The van der Waals surface area contributed by atoms with Gasteiger partial charge < -0.3 is 9.32 Å². The van der Waals surface area contributed by atoms with Crippen molar-refractivity contribution < 1.29 is 14.1 Å². The van der Waals surface area contributed by atoms with Crippen LogP contribution in [0.25, 0.3) is 0 Å². The average molecular weight is 335 g/mol. The van der Waals surface area contributed by atoms with Crippen molar-refractivity contribution in [1.82, 2.24) is 4.90 Å². The molecule has 0 radical (unpaired) electrons. The zero-order valence-corrected chi connectivity index (χ0v) is 13.0. The first-order valence-electron chi connectivity index (χ1n) is 7.35. The SMILES string of the molecule is O=C(c1ccc([N+](=O)[O-])o1)N1CCCC1Cc1ccccc1Cl. The molecule has 120 valence electrons. The van der Waals surface area contributed by atoms with Gasteiger partial charge in [0.2, 0.25) is 0 Å². The molecule has 1 saturated heterocycles. The van der Waals surface area contributed by atoms with E-state index in [9.17, 15) is 14.9 Å². The topological polar surface area (TPSA) is 76.6 Å². The number of rotatable bonds is 4. The van der Waals surface area contributed by atoms with Crippen molar-refractivity contribution in [1.29, 1.82) is 0 Å². The van der Waals surface area contributed by atoms with Gasteiger partial charge in [-0.3, -0.25) is 14.9 Å². The van der Waals surface area contributed by atoms with Gasteiger partial charge in [0.05, 0.1) is 6.07 Å². The number of nitro groups is 1. The number of benzene rings is 1. The highest BCUT2D eigenvalue weighted by Crippen LogP contribution is 2.27. The van der Waals surface area contributed by atoms with E-state index in [1.54, 1.807) is 4.90 Å². The normalized spacial score (nSPS) is 17.4. The molecule has 6 nitrogen and oxygen atoms in total. The second-order valence-corrected chi connectivity index (χ2v) is 5.89. The Morgan fingerprint density at radius 3 is 2.83 bits per heavy atom. The van der Waals surface area contributed by atoms with Crippen molar-refractivity contribution in [2.45, 2.75) is 25.3 Å². The van der Waals surface area contributed by atoms with Crippen LogP contribution in [0.5, 0.6) is 0 Å². The predicted octanol–water partition coefficient (Wildman–Crippen LogP) is 3.69. The molecule has 23 heavy (non-hydrogen) atoms. The van der Waals surface area contributed by atoms with Crippen LogP contribution in [0.4, 0.5) is 5.88 Å². The van der Waals surface area contributed by atoms with E-state index in [2.05, 4.69) is 0 Å². The molecule has 2 heterocycles. The summed E-state index contributed by atoms with van der Waals surface area (Å²) in [5.74, 6) is -0.731. The van der Waals surface area contributed by atoms with Gasteiger partial charge in [0.1, 0.15) is 4.92 Å². The van der Waals surface area contributed by atoms with Crippen LogP contribution < -0.4 is 0 Å². The molecule has 0 N–H and O–H groups in total. The van der Waals surface area contributed by atoms with Crippen LogP contribution in [0.1, 0.15) is 29.0 Å². The summed E-state index contributed by atoms with van der Waals surface area (Å²) < 4.78 is 5.03. The molecule has 0 aliphatic carbocycles. The minimum Gasteiger partial charge on any atom is -0.395 e. The fraction of sp³-hybridized carbons (Fsp3) is 0.312. The zero-order valence-electron chi connectivity index (χ0n) is 12.3. The number of amides is 1. The van der Waals surface area contributed by atoms with Gasteiger partial charge in [-0.05, 0) is 37.0 Å². The fourth-order valence-electron chi connectivity index (χ4n) is 2.92. The van der Waals surface area contributed by atoms with Crippen LogP contribution >= 0.6 is 11.6 Å². The van der Waals surface area contributed by atoms with E-state index < -0.39 is 10.8 Å². The molecular formula is C16H15ClN2O4. The quantitative estimate of drug-likeness (QED) is 0.631. The second-order valence-electron chi connectivity index (χ2n) is 5.49. The fourth-order valence-corrected chi connectivity index (χ4v) is 3.13. The van der Waals surface area contributed by atoms with Crippen LogP contribution in [-0.4, -0.2) is 28.3 Å². The largest absolute Gasteiger partial charge is 0.433 e. The number of hydrogen-bond donors (Lipinski definition) is 0. The molecule has 1 unspecified atom stereocenters. The first-order chi connectivity index (χ1) is 11.1. The standard InChI is InChI=1S/C16H15ClN2O4/c17-13-6-2-1-4-11(13)10-12-5-3-9-18(12)16(20)14-7-8-15(23-14)19(21)22/h1-2,4,6-8,12H,3,5,9-10H2. The number of furan rings is 1. The molecule has 1 aromatic carbocycles. The second kappa shape index (κ2) is 6.42. The number of nitrogens with zero attached hydrogens (tertiary/aromatic N) is 2. The molecule has 1 aliphatic rings. The Labute approximate surface area is 137 Å². The highest BCUT2D eigenvalue weighted by atomic mass is 35.5. The van der Waals surface area contributed by atoms with Crippen molar-refractivity contribution in [3.05, 3.63) is 62.9 Å². The summed E-state index contributed by atoms with van der Waals surface area (Å²) in [6, 6.07) is 10.1. The molecule has 0 spiro atoms. The van der Waals surface area contributed by atoms with Gasteiger partial charge in [-0.25, -0.2) is 0 Å². The maximum Gasteiger partial charge on any atom is 0.433 e. The van der Waals surface area contributed by atoms with Gasteiger partial charge in [-0.2, -0.15) is 0 Å². The third-order valence-corrected chi connectivity index (χ3v) is 4.40. The zero-order chi connectivity index (χ0) is 16.4. The van der Waals surface area contributed by atoms with Crippen molar-refractivity contribution in [2.24, 2.45) is 0 Å². The molecule has 1 amide bonds. The van der Waals surface area contributed by atoms with E-state index in [0.29, 0.717) is 18.0 Å². The Morgan fingerprint density at radius 1 is 1.35 bits per heavy atom. The minimum atomic E-state index is -0.651. The Morgan fingerprint density at radius 2 is 2.13 bits per heavy atom. The molecule has 0 saturated carbocycles. The highest BCUT2D eigenvalue weighted by molar-refractivity contribution is 6.31. The Bertz CT molecular complexity index is 743. The third-order valence-electron chi connectivity index (χ3n) is 4.03. The van der Waals surface area contributed by atoms with Crippen LogP contribution in [0.15, 0.2) is 40.8 Å². The summed E-state index contributed by atoms with van der Waals surface area (Å²) in [4.78, 5) is 24.3. The number of halogens is 1. The van der Waals surface area contributed by atoms with Gasteiger partial charge in [0.15, 0.2) is 5.76 Å². The summed E-state index contributed by atoms with van der Waals surface area (Å²) in [6.07, 6.45) is 2.43. The van der Waals surface area contributed by atoms with Crippen LogP contribution in [-0.2, 0) is 6.42 Å². The van der Waals surface area contributed by atoms with E-state index in [0.717, 1.165) is 18.4 Å².